The molecule has 0 aliphatic heterocycles. The SMILES string of the molecule is Cc1ccc(C)c(Sc2ncc(C(=O)O)cc2N)c1. The van der Waals surface area contributed by atoms with E-state index >= 15 is 0 Å². The van der Waals surface area contributed by atoms with E-state index in [1.165, 1.54) is 24.0 Å². The monoisotopic (exact) mass is 274 g/mol. The summed E-state index contributed by atoms with van der Waals surface area (Å²) in [7, 11) is 0. The Morgan fingerprint density at radius 2 is 2.05 bits per heavy atom. The molecule has 2 rings (SSSR count). The first-order chi connectivity index (χ1) is 8.97. The number of nitrogens with two attached hydrogens (primary N) is 1. The van der Waals surface area contributed by atoms with Crippen molar-refractivity contribution < 1.29 is 9.90 Å². The van der Waals surface area contributed by atoms with Crippen LogP contribution in [0.25, 0.3) is 0 Å². The summed E-state index contributed by atoms with van der Waals surface area (Å²) >= 11 is 1.45. The first-order valence-corrected chi connectivity index (χ1v) is 6.53. The van der Waals surface area contributed by atoms with Gasteiger partial charge in [-0.25, -0.2) is 9.78 Å². The molecule has 0 amide bonds. The molecule has 0 spiro atoms. The highest BCUT2D eigenvalue weighted by molar-refractivity contribution is 7.99. The number of nitrogens with zero attached hydrogens (tertiary/aromatic N) is 1. The molecule has 19 heavy (non-hydrogen) atoms. The number of carboxylic acid groups (broad SMARTS) is 1. The van der Waals surface area contributed by atoms with Gasteiger partial charge in [-0.15, -0.1) is 0 Å². The number of carboxylic acids is 1. The molecule has 4 nitrogen and oxygen atoms in total. The molecular formula is C14H14N2O2S. The van der Waals surface area contributed by atoms with Crippen LogP contribution in [0.1, 0.15) is 21.5 Å². The van der Waals surface area contributed by atoms with Crippen LogP contribution >= 0.6 is 11.8 Å². The van der Waals surface area contributed by atoms with Crippen molar-refractivity contribution in [1.82, 2.24) is 4.98 Å². The molecule has 5 heteroatoms. The predicted octanol–water partition coefficient (Wildman–Crippen LogP) is 3.13. The minimum Gasteiger partial charge on any atom is -0.478 e. The summed E-state index contributed by atoms with van der Waals surface area (Å²) in [4.78, 5) is 16.0. The van der Waals surface area contributed by atoms with Crippen molar-refractivity contribution in [2.24, 2.45) is 0 Å². The molecular weight excluding hydrogens is 260 g/mol. The third-order valence-electron chi connectivity index (χ3n) is 2.68. The molecule has 2 aromatic rings. The second-order valence-corrected chi connectivity index (χ2v) is 5.33. The van der Waals surface area contributed by atoms with E-state index in [0.717, 1.165) is 16.0 Å². The maximum absolute atomic E-state index is 10.8. The van der Waals surface area contributed by atoms with Gasteiger partial charge in [0.15, 0.2) is 0 Å². The van der Waals surface area contributed by atoms with Gasteiger partial charge in [0, 0.05) is 11.1 Å². The van der Waals surface area contributed by atoms with Crippen LogP contribution in [-0.2, 0) is 0 Å². The van der Waals surface area contributed by atoms with Crippen molar-refractivity contribution in [2.45, 2.75) is 23.8 Å². The largest absolute Gasteiger partial charge is 0.478 e. The Morgan fingerprint density at radius 3 is 2.68 bits per heavy atom. The summed E-state index contributed by atoms with van der Waals surface area (Å²) < 4.78 is 0. The molecule has 0 saturated heterocycles. The predicted molar refractivity (Wildman–Crippen MR) is 75.6 cm³/mol. The van der Waals surface area contributed by atoms with Crippen molar-refractivity contribution in [3.63, 3.8) is 0 Å². The first-order valence-electron chi connectivity index (χ1n) is 5.71. The number of aromatic carboxylic acids is 1. The maximum atomic E-state index is 10.8. The Bertz CT molecular complexity index is 641. The Kier molecular flexibility index (Phi) is 3.76. The van der Waals surface area contributed by atoms with Crippen LogP contribution in [0.3, 0.4) is 0 Å². The van der Waals surface area contributed by atoms with Crippen molar-refractivity contribution in [2.75, 3.05) is 5.73 Å². The van der Waals surface area contributed by atoms with Crippen LogP contribution < -0.4 is 5.73 Å². The van der Waals surface area contributed by atoms with Gasteiger partial charge in [0.25, 0.3) is 0 Å². The van der Waals surface area contributed by atoms with E-state index in [1.807, 2.05) is 26.0 Å². The molecule has 1 heterocycles. The summed E-state index contributed by atoms with van der Waals surface area (Å²) in [6.45, 7) is 4.04. The fourth-order valence-corrected chi connectivity index (χ4v) is 2.56. The van der Waals surface area contributed by atoms with Crippen molar-refractivity contribution >= 4 is 23.4 Å². The molecule has 0 radical (unpaired) electrons. The molecule has 0 bridgehead atoms. The lowest BCUT2D eigenvalue weighted by Crippen LogP contribution is -2.01. The van der Waals surface area contributed by atoms with Crippen LogP contribution in [0.4, 0.5) is 5.69 Å². The van der Waals surface area contributed by atoms with Gasteiger partial charge in [-0.1, -0.05) is 23.9 Å². The third kappa shape index (κ3) is 3.06. The summed E-state index contributed by atoms with van der Waals surface area (Å²) in [6, 6.07) is 7.58. The van der Waals surface area contributed by atoms with Gasteiger partial charge in [0.2, 0.25) is 0 Å². The molecule has 0 atom stereocenters. The zero-order chi connectivity index (χ0) is 14.0. The number of rotatable bonds is 3. The Morgan fingerprint density at radius 1 is 1.32 bits per heavy atom. The highest BCUT2D eigenvalue weighted by Gasteiger charge is 2.10. The topological polar surface area (TPSA) is 76.2 Å². The number of anilines is 1. The number of hydrogen-bond donors (Lipinski definition) is 2. The molecule has 0 unspecified atom stereocenters. The number of pyridine rings is 1. The second kappa shape index (κ2) is 5.32. The van der Waals surface area contributed by atoms with Crippen LogP contribution in [-0.4, -0.2) is 16.1 Å². The number of aryl methyl sites for hydroxylation is 2. The zero-order valence-electron chi connectivity index (χ0n) is 10.7. The fraction of sp³-hybridized carbons (Fsp3) is 0.143. The normalized spacial score (nSPS) is 10.4. The number of nitrogen functional groups attached to an aromatic ring is 1. The van der Waals surface area contributed by atoms with Crippen molar-refractivity contribution in [3.05, 3.63) is 47.2 Å². The highest BCUT2D eigenvalue weighted by atomic mass is 32.2. The molecule has 3 N–H and O–H groups in total. The van der Waals surface area contributed by atoms with Gasteiger partial charge >= 0.3 is 5.97 Å². The van der Waals surface area contributed by atoms with E-state index in [0.29, 0.717) is 10.7 Å². The fourth-order valence-electron chi connectivity index (χ4n) is 1.59. The third-order valence-corrected chi connectivity index (χ3v) is 3.87. The molecule has 0 aliphatic carbocycles. The first kappa shape index (κ1) is 13.4. The van der Waals surface area contributed by atoms with Gasteiger partial charge in [-0.05, 0) is 37.1 Å². The Hall–Kier alpha value is -2.01. The Balaban J connectivity index is 2.33. The minimum atomic E-state index is -1.03. The zero-order valence-corrected chi connectivity index (χ0v) is 11.5. The lowest BCUT2D eigenvalue weighted by molar-refractivity contribution is 0.0696. The standard InChI is InChI=1S/C14H14N2O2S/c1-8-3-4-9(2)12(5-8)19-13-11(15)6-10(7-16-13)14(17)18/h3-7H,15H2,1-2H3,(H,17,18). The molecule has 98 valence electrons. The van der Waals surface area contributed by atoms with E-state index in [9.17, 15) is 4.79 Å². The van der Waals surface area contributed by atoms with Crippen molar-refractivity contribution in [1.29, 1.82) is 0 Å². The summed E-state index contributed by atoms with van der Waals surface area (Å²) in [5.74, 6) is -1.03. The average Bonchev–Trinajstić information content (AvgIpc) is 2.36. The van der Waals surface area contributed by atoms with E-state index in [2.05, 4.69) is 11.1 Å². The Labute approximate surface area is 115 Å². The van der Waals surface area contributed by atoms with Crippen molar-refractivity contribution in [3.8, 4) is 0 Å². The lowest BCUT2D eigenvalue weighted by atomic mass is 10.2. The molecule has 0 saturated carbocycles. The van der Waals surface area contributed by atoms with Crippen LogP contribution in [0.5, 0.6) is 0 Å². The highest BCUT2D eigenvalue weighted by Crippen LogP contribution is 2.33. The van der Waals surface area contributed by atoms with E-state index in [-0.39, 0.29) is 5.56 Å². The smallest absolute Gasteiger partial charge is 0.337 e. The molecule has 0 aliphatic rings. The molecule has 0 fully saturated rings. The van der Waals surface area contributed by atoms with E-state index < -0.39 is 5.97 Å². The second-order valence-electron chi connectivity index (χ2n) is 4.29. The lowest BCUT2D eigenvalue weighted by Gasteiger charge is -2.08. The van der Waals surface area contributed by atoms with E-state index in [4.69, 9.17) is 10.8 Å². The summed E-state index contributed by atoms with van der Waals surface area (Å²) in [6.07, 6.45) is 1.33. The molecule has 1 aromatic heterocycles. The minimum absolute atomic E-state index is 0.0998. The molecule has 1 aromatic carbocycles. The summed E-state index contributed by atoms with van der Waals surface area (Å²) in [5, 5.41) is 9.49. The van der Waals surface area contributed by atoms with Gasteiger partial charge in [-0.3, -0.25) is 0 Å². The average molecular weight is 274 g/mol. The summed E-state index contributed by atoms with van der Waals surface area (Å²) in [5.41, 5.74) is 8.63. The van der Waals surface area contributed by atoms with Gasteiger partial charge in [0.05, 0.1) is 11.3 Å². The van der Waals surface area contributed by atoms with Crippen LogP contribution in [0, 0.1) is 13.8 Å². The number of carbonyl (C=O) groups is 1. The van der Waals surface area contributed by atoms with Crippen LogP contribution in [0.2, 0.25) is 0 Å². The number of hydrogen-bond acceptors (Lipinski definition) is 4. The maximum Gasteiger partial charge on any atom is 0.337 e. The quantitative estimate of drug-likeness (QED) is 0.899. The van der Waals surface area contributed by atoms with Crippen LogP contribution in [0.15, 0.2) is 40.4 Å². The number of benzene rings is 1. The van der Waals surface area contributed by atoms with Gasteiger partial charge in [-0.2, -0.15) is 0 Å². The van der Waals surface area contributed by atoms with E-state index in [1.54, 1.807) is 0 Å². The van der Waals surface area contributed by atoms with Gasteiger partial charge < -0.3 is 10.8 Å². The van der Waals surface area contributed by atoms with Gasteiger partial charge in [0.1, 0.15) is 5.03 Å². The number of aromatic nitrogens is 1.